The molecule has 1 heterocycles. The van der Waals surface area contributed by atoms with E-state index in [0.717, 1.165) is 27.9 Å². The Morgan fingerprint density at radius 2 is 1.79 bits per heavy atom. The Kier molecular flexibility index (Phi) is 5.54. The average Bonchev–Trinajstić information content (AvgIpc) is 2.66. The highest BCUT2D eigenvalue weighted by Gasteiger charge is 2.30. The number of hydrogen-bond acceptors (Lipinski definition) is 3. The van der Waals surface area contributed by atoms with E-state index in [-0.39, 0.29) is 17.9 Å². The van der Waals surface area contributed by atoms with Gasteiger partial charge in [0.2, 0.25) is 5.43 Å². The molecule has 5 nitrogen and oxygen atoms in total. The third-order valence-corrected chi connectivity index (χ3v) is 4.28. The van der Waals surface area contributed by atoms with Gasteiger partial charge in [0.15, 0.2) is 5.69 Å². The van der Waals surface area contributed by atoms with Crippen LogP contribution in [0.15, 0.2) is 59.4 Å². The summed E-state index contributed by atoms with van der Waals surface area (Å²) in [4.78, 5) is 24.7. The second kappa shape index (κ2) is 7.90. The number of rotatable bonds is 4. The van der Waals surface area contributed by atoms with Crippen molar-refractivity contribution in [2.75, 3.05) is 0 Å². The predicted molar refractivity (Wildman–Crippen MR) is 102 cm³/mol. The maximum Gasteiger partial charge on any atom is 0.416 e. The van der Waals surface area contributed by atoms with E-state index < -0.39 is 23.1 Å². The summed E-state index contributed by atoms with van der Waals surface area (Å²) < 4.78 is 40.2. The molecule has 0 saturated carbocycles. The Morgan fingerprint density at radius 1 is 1.07 bits per heavy atom. The first-order chi connectivity index (χ1) is 13.6. The summed E-state index contributed by atoms with van der Waals surface area (Å²) in [5.41, 5.74) is 0.448. The van der Waals surface area contributed by atoms with Gasteiger partial charge in [-0.2, -0.15) is 18.3 Å². The van der Waals surface area contributed by atoms with E-state index in [2.05, 4.69) is 10.4 Å². The van der Waals surface area contributed by atoms with E-state index in [4.69, 9.17) is 0 Å². The number of nitrogens with zero attached hydrogens (tertiary/aromatic N) is 2. The summed E-state index contributed by atoms with van der Waals surface area (Å²) in [6.07, 6.45) is -4.52. The maximum absolute atomic E-state index is 13.0. The van der Waals surface area contributed by atoms with Gasteiger partial charge in [-0.05, 0) is 37.6 Å². The SMILES string of the molecule is Cc1cccc(CNC(=O)c2nn(-c3cccc(C(F)(F)F)c3)c(C)cc2=O)c1. The van der Waals surface area contributed by atoms with Crippen molar-refractivity contribution in [1.29, 1.82) is 0 Å². The second-order valence-corrected chi connectivity index (χ2v) is 6.63. The van der Waals surface area contributed by atoms with Gasteiger partial charge in [-0.15, -0.1) is 0 Å². The zero-order chi connectivity index (χ0) is 21.2. The predicted octanol–water partition coefficient (Wildman–Crippen LogP) is 3.80. The minimum atomic E-state index is -4.52. The van der Waals surface area contributed by atoms with Gasteiger partial charge >= 0.3 is 6.18 Å². The van der Waals surface area contributed by atoms with E-state index in [0.29, 0.717) is 5.69 Å². The third-order valence-electron chi connectivity index (χ3n) is 4.28. The number of carbonyl (C=O) groups is 1. The van der Waals surface area contributed by atoms with E-state index >= 15 is 0 Å². The van der Waals surface area contributed by atoms with Crippen LogP contribution in [0.1, 0.15) is 32.9 Å². The lowest BCUT2D eigenvalue weighted by Gasteiger charge is -2.13. The van der Waals surface area contributed by atoms with Crippen LogP contribution in [0.4, 0.5) is 13.2 Å². The summed E-state index contributed by atoms with van der Waals surface area (Å²) in [5, 5.41) is 6.64. The Morgan fingerprint density at radius 3 is 2.48 bits per heavy atom. The number of aromatic nitrogens is 2. The van der Waals surface area contributed by atoms with Gasteiger partial charge in [-0.1, -0.05) is 35.9 Å². The van der Waals surface area contributed by atoms with Crippen LogP contribution < -0.4 is 10.7 Å². The highest BCUT2D eigenvalue weighted by atomic mass is 19.4. The van der Waals surface area contributed by atoms with Crippen molar-refractivity contribution >= 4 is 5.91 Å². The molecule has 0 aliphatic heterocycles. The molecule has 3 rings (SSSR count). The van der Waals surface area contributed by atoms with E-state index in [9.17, 15) is 22.8 Å². The first-order valence-electron chi connectivity index (χ1n) is 8.77. The number of halogens is 3. The van der Waals surface area contributed by atoms with E-state index in [1.54, 1.807) is 0 Å². The molecule has 2 aromatic carbocycles. The average molecular weight is 401 g/mol. The molecular formula is C21H18F3N3O2. The molecule has 0 fully saturated rings. The van der Waals surface area contributed by atoms with Crippen LogP contribution >= 0.6 is 0 Å². The van der Waals surface area contributed by atoms with Gasteiger partial charge in [-0.25, -0.2) is 4.68 Å². The Hall–Kier alpha value is -3.42. The Bertz CT molecular complexity index is 1120. The molecule has 8 heteroatoms. The monoisotopic (exact) mass is 401 g/mol. The number of amides is 1. The van der Waals surface area contributed by atoms with E-state index in [1.165, 1.54) is 25.1 Å². The van der Waals surface area contributed by atoms with Crippen LogP contribution in [0.3, 0.4) is 0 Å². The molecule has 0 spiro atoms. The summed E-state index contributed by atoms with van der Waals surface area (Å²) >= 11 is 0. The van der Waals surface area contributed by atoms with Gasteiger partial charge < -0.3 is 5.32 Å². The Balaban J connectivity index is 1.91. The zero-order valence-corrected chi connectivity index (χ0v) is 15.7. The number of alkyl halides is 3. The molecule has 0 saturated heterocycles. The molecule has 3 aromatic rings. The van der Waals surface area contributed by atoms with Crippen molar-refractivity contribution in [3.63, 3.8) is 0 Å². The van der Waals surface area contributed by atoms with Gasteiger partial charge in [0, 0.05) is 18.3 Å². The fourth-order valence-electron chi connectivity index (χ4n) is 2.87. The molecule has 0 unspecified atom stereocenters. The summed E-state index contributed by atoms with van der Waals surface area (Å²) in [6.45, 7) is 3.64. The number of hydrogen-bond donors (Lipinski definition) is 1. The van der Waals surface area contributed by atoms with Gasteiger partial charge in [-0.3, -0.25) is 9.59 Å². The minimum Gasteiger partial charge on any atom is -0.346 e. The van der Waals surface area contributed by atoms with Crippen molar-refractivity contribution in [1.82, 2.24) is 15.1 Å². The lowest BCUT2D eigenvalue weighted by atomic mass is 10.1. The Labute approximate surface area is 164 Å². The largest absolute Gasteiger partial charge is 0.416 e. The first-order valence-corrected chi connectivity index (χ1v) is 8.77. The summed E-state index contributed by atoms with van der Waals surface area (Å²) in [5.74, 6) is -0.697. The molecule has 150 valence electrons. The zero-order valence-electron chi connectivity index (χ0n) is 15.7. The van der Waals surface area contributed by atoms with Crippen LogP contribution in [0, 0.1) is 13.8 Å². The molecule has 1 aromatic heterocycles. The molecule has 0 radical (unpaired) electrons. The standard InChI is InChI=1S/C21H18F3N3O2/c1-13-5-3-6-15(9-13)12-25-20(29)19-18(28)10-14(2)27(26-19)17-8-4-7-16(11-17)21(22,23)24/h3-11H,12H2,1-2H3,(H,25,29). The van der Waals surface area contributed by atoms with Crippen molar-refractivity contribution in [2.45, 2.75) is 26.6 Å². The summed E-state index contributed by atoms with van der Waals surface area (Å²) in [7, 11) is 0. The number of carbonyl (C=O) groups excluding carboxylic acids is 1. The number of aryl methyl sites for hydroxylation is 2. The van der Waals surface area contributed by atoms with Crippen LogP contribution in [0.2, 0.25) is 0 Å². The maximum atomic E-state index is 13.0. The topological polar surface area (TPSA) is 64.0 Å². The van der Waals surface area contributed by atoms with Gasteiger partial charge in [0.1, 0.15) is 0 Å². The lowest BCUT2D eigenvalue weighted by molar-refractivity contribution is -0.137. The van der Waals surface area contributed by atoms with Gasteiger partial charge in [0.05, 0.1) is 11.3 Å². The van der Waals surface area contributed by atoms with Crippen LogP contribution in [-0.4, -0.2) is 15.7 Å². The quantitative estimate of drug-likeness (QED) is 0.723. The fraction of sp³-hybridized carbons (Fsp3) is 0.190. The second-order valence-electron chi connectivity index (χ2n) is 6.63. The molecule has 1 amide bonds. The fourth-order valence-corrected chi connectivity index (χ4v) is 2.87. The van der Waals surface area contributed by atoms with Crippen molar-refractivity contribution in [3.8, 4) is 5.69 Å². The summed E-state index contributed by atoms with van der Waals surface area (Å²) in [6, 6.07) is 13.2. The highest BCUT2D eigenvalue weighted by molar-refractivity contribution is 5.92. The molecule has 0 aliphatic rings. The molecule has 1 N–H and O–H groups in total. The van der Waals surface area contributed by atoms with Crippen LogP contribution in [-0.2, 0) is 12.7 Å². The molecular weight excluding hydrogens is 383 g/mol. The molecule has 0 aliphatic carbocycles. The smallest absolute Gasteiger partial charge is 0.346 e. The van der Waals surface area contributed by atoms with Crippen LogP contribution in [0.25, 0.3) is 5.69 Å². The third kappa shape index (κ3) is 4.71. The van der Waals surface area contributed by atoms with Crippen molar-refractivity contribution < 1.29 is 18.0 Å². The minimum absolute atomic E-state index is 0.102. The van der Waals surface area contributed by atoms with Crippen LogP contribution in [0.5, 0.6) is 0 Å². The lowest BCUT2D eigenvalue weighted by Crippen LogP contribution is -2.31. The first kappa shape index (κ1) is 20.3. The normalized spacial score (nSPS) is 11.3. The number of benzene rings is 2. The molecule has 0 bridgehead atoms. The van der Waals surface area contributed by atoms with E-state index in [1.807, 2.05) is 31.2 Å². The van der Waals surface area contributed by atoms with Crippen molar-refractivity contribution in [3.05, 3.63) is 92.9 Å². The highest BCUT2D eigenvalue weighted by Crippen LogP contribution is 2.30. The molecule has 0 atom stereocenters. The molecule has 29 heavy (non-hydrogen) atoms. The number of nitrogens with one attached hydrogen (secondary N) is 1. The van der Waals surface area contributed by atoms with Gasteiger partial charge in [0.25, 0.3) is 5.91 Å². The van der Waals surface area contributed by atoms with Crippen molar-refractivity contribution in [2.24, 2.45) is 0 Å².